The third kappa shape index (κ3) is 4.63. The van der Waals surface area contributed by atoms with Gasteiger partial charge in [-0.15, -0.1) is 0 Å². The zero-order valence-electron chi connectivity index (χ0n) is 21.0. The van der Waals surface area contributed by atoms with Crippen molar-refractivity contribution in [2.45, 2.75) is 38.1 Å². The number of hydrogen-bond donors (Lipinski definition) is 2. The van der Waals surface area contributed by atoms with Gasteiger partial charge in [-0.05, 0) is 66.3 Å². The fraction of sp³-hybridized carbons (Fsp3) is 0.300. The summed E-state index contributed by atoms with van der Waals surface area (Å²) in [6.07, 6.45) is 2.11. The summed E-state index contributed by atoms with van der Waals surface area (Å²) in [6.45, 7) is 2.69. The Labute approximate surface area is 212 Å². The van der Waals surface area contributed by atoms with Crippen LogP contribution in [0.1, 0.15) is 49.3 Å². The molecule has 6 nitrogen and oxygen atoms in total. The van der Waals surface area contributed by atoms with Crippen molar-refractivity contribution in [2.24, 2.45) is 0 Å². The van der Waals surface area contributed by atoms with Gasteiger partial charge < -0.3 is 24.8 Å². The number of methoxy groups -OCH3 is 2. The van der Waals surface area contributed by atoms with Gasteiger partial charge in [0.05, 0.1) is 38.2 Å². The van der Waals surface area contributed by atoms with Crippen molar-refractivity contribution >= 4 is 17.2 Å². The van der Waals surface area contributed by atoms with E-state index in [4.69, 9.17) is 14.2 Å². The van der Waals surface area contributed by atoms with Crippen molar-refractivity contribution in [1.82, 2.24) is 0 Å². The largest absolute Gasteiger partial charge is 0.497 e. The number of anilines is 2. The second kappa shape index (κ2) is 10.4. The predicted octanol–water partition coefficient (Wildman–Crippen LogP) is 6.47. The normalized spacial score (nSPS) is 18.8. The average Bonchev–Trinajstić information content (AvgIpc) is 3.09. The number of Topliss-reactive ketones (excluding diaryl/α,β-unsaturated/α-hetero) is 1. The van der Waals surface area contributed by atoms with E-state index in [1.54, 1.807) is 14.2 Å². The van der Waals surface area contributed by atoms with Crippen molar-refractivity contribution < 1.29 is 19.0 Å². The minimum atomic E-state index is -0.311. The van der Waals surface area contributed by atoms with Crippen molar-refractivity contribution in [3.8, 4) is 17.2 Å². The zero-order valence-corrected chi connectivity index (χ0v) is 21.0. The number of fused-ring (bicyclic) bond motifs is 1. The number of allylic oxidation sites excluding steroid dienone is 1. The Balaban J connectivity index is 1.55. The van der Waals surface area contributed by atoms with E-state index in [0.717, 1.165) is 52.4 Å². The van der Waals surface area contributed by atoms with Crippen LogP contribution in [0.2, 0.25) is 0 Å². The van der Waals surface area contributed by atoms with Crippen LogP contribution in [0.15, 0.2) is 78.0 Å². The van der Waals surface area contributed by atoms with Gasteiger partial charge in [-0.2, -0.15) is 0 Å². The summed E-state index contributed by atoms with van der Waals surface area (Å²) in [5, 5.41) is 7.23. The van der Waals surface area contributed by atoms with Gasteiger partial charge >= 0.3 is 0 Å². The number of para-hydroxylation sites is 2. The number of carbonyl (C=O) groups excluding carboxylic acids is 1. The molecule has 186 valence electrons. The zero-order chi connectivity index (χ0) is 25.1. The van der Waals surface area contributed by atoms with Crippen LogP contribution in [0, 0.1) is 0 Å². The first kappa shape index (κ1) is 23.8. The maximum atomic E-state index is 13.8. The smallest absolute Gasteiger partial charge is 0.163 e. The van der Waals surface area contributed by atoms with Crippen LogP contribution in [0.5, 0.6) is 17.2 Å². The van der Waals surface area contributed by atoms with Crippen LogP contribution >= 0.6 is 0 Å². The van der Waals surface area contributed by atoms with Gasteiger partial charge in [0.2, 0.25) is 0 Å². The number of ether oxygens (including phenoxy) is 3. The maximum absolute atomic E-state index is 13.8. The van der Waals surface area contributed by atoms with Gasteiger partial charge in [0.25, 0.3) is 0 Å². The topological polar surface area (TPSA) is 68.8 Å². The van der Waals surface area contributed by atoms with E-state index in [1.165, 1.54) is 0 Å². The molecule has 0 saturated carbocycles. The van der Waals surface area contributed by atoms with Gasteiger partial charge in [-0.25, -0.2) is 0 Å². The average molecular weight is 485 g/mol. The molecular formula is C30H32N2O4. The number of rotatable bonds is 7. The number of carbonyl (C=O) groups is 1. The highest BCUT2D eigenvalue weighted by Crippen LogP contribution is 2.45. The molecule has 0 fully saturated rings. The first-order chi connectivity index (χ1) is 17.6. The highest BCUT2D eigenvalue weighted by molar-refractivity contribution is 6.01. The molecule has 0 bridgehead atoms. The molecule has 0 spiro atoms. The first-order valence-electron chi connectivity index (χ1n) is 12.4. The predicted molar refractivity (Wildman–Crippen MR) is 142 cm³/mol. The SMILES string of the molecule is CCCOc1ccc(C2Nc3ccccc3NC3=C2C(=O)CC(c2ccc(OC)cc2)C3)cc1OC. The summed E-state index contributed by atoms with van der Waals surface area (Å²) >= 11 is 0. The second-order valence-corrected chi connectivity index (χ2v) is 9.20. The fourth-order valence-electron chi connectivity index (χ4n) is 5.05. The third-order valence-electron chi connectivity index (χ3n) is 6.88. The van der Waals surface area contributed by atoms with E-state index in [1.807, 2.05) is 54.6 Å². The molecule has 3 aromatic carbocycles. The van der Waals surface area contributed by atoms with Crippen molar-refractivity contribution in [3.05, 3.63) is 89.1 Å². The lowest BCUT2D eigenvalue weighted by Gasteiger charge is -2.30. The molecule has 2 atom stereocenters. The molecule has 1 aliphatic carbocycles. The van der Waals surface area contributed by atoms with E-state index >= 15 is 0 Å². The number of ketones is 1. The van der Waals surface area contributed by atoms with Crippen LogP contribution in [0.3, 0.4) is 0 Å². The van der Waals surface area contributed by atoms with Gasteiger partial charge in [0.15, 0.2) is 17.3 Å². The summed E-state index contributed by atoms with van der Waals surface area (Å²) < 4.78 is 16.8. The molecule has 1 heterocycles. The number of nitrogens with one attached hydrogen (secondary N) is 2. The quantitative estimate of drug-likeness (QED) is 0.400. The Kier molecular flexibility index (Phi) is 6.85. The van der Waals surface area contributed by atoms with Crippen LogP contribution < -0.4 is 24.8 Å². The minimum Gasteiger partial charge on any atom is -0.497 e. The monoisotopic (exact) mass is 484 g/mol. The minimum absolute atomic E-state index is 0.0972. The van der Waals surface area contributed by atoms with Crippen molar-refractivity contribution in [3.63, 3.8) is 0 Å². The van der Waals surface area contributed by atoms with E-state index in [-0.39, 0.29) is 17.7 Å². The summed E-state index contributed by atoms with van der Waals surface area (Å²) in [5.41, 5.74) is 5.75. The highest BCUT2D eigenvalue weighted by atomic mass is 16.5. The van der Waals surface area contributed by atoms with Crippen LogP contribution in [0.25, 0.3) is 0 Å². The molecule has 0 saturated heterocycles. The van der Waals surface area contributed by atoms with Gasteiger partial charge in [0.1, 0.15) is 5.75 Å². The van der Waals surface area contributed by atoms with Crippen LogP contribution in [-0.2, 0) is 4.79 Å². The molecule has 2 aliphatic rings. The van der Waals surface area contributed by atoms with Gasteiger partial charge in [-0.1, -0.05) is 37.3 Å². The van der Waals surface area contributed by atoms with Crippen molar-refractivity contribution in [2.75, 3.05) is 31.5 Å². The summed E-state index contributed by atoms with van der Waals surface area (Å²) in [4.78, 5) is 13.8. The molecular weight excluding hydrogens is 452 g/mol. The number of hydrogen-bond acceptors (Lipinski definition) is 6. The Hall–Kier alpha value is -3.93. The lowest BCUT2D eigenvalue weighted by Crippen LogP contribution is -2.26. The lowest BCUT2D eigenvalue weighted by atomic mass is 9.78. The molecule has 2 N–H and O–H groups in total. The van der Waals surface area contributed by atoms with Crippen LogP contribution in [0.4, 0.5) is 11.4 Å². The molecule has 0 radical (unpaired) electrons. The molecule has 0 amide bonds. The summed E-state index contributed by atoms with van der Waals surface area (Å²) in [6, 6.07) is 21.7. The number of benzene rings is 3. The second-order valence-electron chi connectivity index (χ2n) is 9.20. The van der Waals surface area contributed by atoms with E-state index in [0.29, 0.717) is 24.5 Å². The molecule has 0 aromatic heterocycles. The highest BCUT2D eigenvalue weighted by Gasteiger charge is 2.36. The molecule has 36 heavy (non-hydrogen) atoms. The maximum Gasteiger partial charge on any atom is 0.163 e. The summed E-state index contributed by atoms with van der Waals surface area (Å²) in [5.74, 6) is 2.42. The Morgan fingerprint density at radius 3 is 2.33 bits per heavy atom. The lowest BCUT2D eigenvalue weighted by molar-refractivity contribution is -0.116. The molecule has 1 aliphatic heterocycles. The third-order valence-corrected chi connectivity index (χ3v) is 6.88. The Morgan fingerprint density at radius 2 is 1.61 bits per heavy atom. The van der Waals surface area contributed by atoms with E-state index in [9.17, 15) is 4.79 Å². The molecule has 3 aromatic rings. The molecule has 2 unspecified atom stereocenters. The Bertz CT molecular complexity index is 1280. The standard InChI is InChI=1S/C30H32N2O4/c1-4-15-36-27-14-11-20(18-28(27)35-3)30-29-25(31-23-7-5-6-8-24(23)32-30)16-21(17-26(29)33)19-9-12-22(34-2)13-10-19/h5-14,18,21,30-32H,4,15-17H2,1-3H3. The van der Waals surface area contributed by atoms with Gasteiger partial charge in [0, 0.05) is 17.7 Å². The first-order valence-corrected chi connectivity index (χ1v) is 12.4. The van der Waals surface area contributed by atoms with Gasteiger partial charge in [-0.3, -0.25) is 4.79 Å². The van der Waals surface area contributed by atoms with E-state index < -0.39 is 0 Å². The van der Waals surface area contributed by atoms with E-state index in [2.05, 4.69) is 29.7 Å². The molecule has 5 rings (SSSR count). The fourth-order valence-corrected chi connectivity index (χ4v) is 5.05. The molecule has 6 heteroatoms. The summed E-state index contributed by atoms with van der Waals surface area (Å²) in [7, 11) is 3.30. The van der Waals surface area contributed by atoms with Crippen molar-refractivity contribution in [1.29, 1.82) is 0 Å². The van der Waals surface area contributed by atoms with Crippen LogP contribution in [-0.4, -0.2) is 26.6 Å². The Morgan fingerprint density at radius 1 is 0.861 bits per heavy atom.